The lowest BCUT2D eigenvalue weighted by molar-refractivity contribution is 0.521. The third-order valence-corrected chi connectivity index (χ3v) is 10.2. The maximum atomic E-state index is 6.71. The molecular weight excluding hydrogens is 532 g/mol. The van der Waals surface area contributed by atoms with E-state index < -0.39 is 0 Å². The molecule has 1 aliphatic rings. The minimum absolute atomic E-state index is 1.04. The van der Waals surface area contributed by atoms with Gasteiger partial charge >= 0.3 is 11.3 Å². The van der Waals surface area contributed by atoms with Crippen LogP contribution in [0.15, 0.2) is 65.1 Å². The van der Waals surface area contributed by atoms with Crippen LogP contribution in [0.25, 0.3) is 33.1 Å². The Kier molecular flexibility index (Phi) is 13.6. The molecule has 1 heterocycles. The maximum Gasteiger partial charge on any atom is 0.364 e. The Morgan fingerprint density at radius 1 is 0.523 bits per heavy atom. The van der Waals surface area contributed by atoms with E-state index in [0.717, 1.165) is 30.6 Å². The first-order valence-corrected chi connectivity index (χ1v) is 18.7. The number of aryl methyl sites for hydroxylation is 2. The Hall–Kier alpha value is -2.67. The molecule has 0 unspecified atom stereocenters. The standard InChI is InChI=1S/C43H59O/c1-2-3-4-5-6-7-8-9-10-11-12-13-14-15-16-17-18-19-20-21-30-39-40-33-31-36-27-23-25-29-38(36)43(40)44-41-34-32-35-26-22-24-28-37(35)42(39)41/h22-29,32,34H,2-21,30-31,33H2,1H3/q+1. The van der Waals surface area contributed by atoms with E-state index in [1.165, 1.54) is 161 Å². The van der Waals surface area contributed by atoms with E-state index in [1.807, 2.05) is 0 Å². The van der Waals surface area contributed by atoms with E-state index in [-0.39, 0.29) is 0 Å². The molecule has 1 heteroatoms. The highest BCUT2D eigenvalue weighted by molar-refractivity contribution is 6.08. The van der Waals surface area contributed by atoms with Crippen molar-refractivity contribution in [2.24, 2.45) is 0 Å². The van der Waals surface area contributed by atoms with Gasteiger partial charge in [0.15, 0.2) is 0 Å². The second-order valence-corrected chi connectivity index (χ2v) is 13.7. The van der Waals surface area contributed by atoms with Crippen LogP contribution in [-0.4, -0.2) is 0 Å². The predicted molar refractivity (Wildman–Crippen MR) is 193 cm³/mol. The van der Waals surface area contributed by atoms with Crippen molar-refractivity contribution >= 4 is 21.7 Å². The summed E-state index contributed by atoms with van der Waals surface area (Å²) in [6.45, 7) is 2.30. The van der Waals surface area contributed by atoms with Gasteiger partial charge in [-0.15, -0.1) is 0 Å². The van der Waals surface area contributed by atoms with Crippen molar-refractivity contribution in [2.75, 3.05) is 0 Å². The van der Waals surface area contributed by atoms with E-state index in [1.54, 1.807) is 5.56 Å². The Labute approximate surface area is 268 Å². The first-order valence-electron chi connectivity index (χ1n) is 18.7. The van der Waals surface area contributed by atoms with Crippen LogP contribution in [-0.2, 0) is 19.3 Å². The number of hydrogen-bond acceptors (Lipinski definition) is 0. The molecule has 0 aliphatic heterocycles. The van der Waals surface area contributed by atoms with Crippen molar-refractivity contribution in [1.82, 2.24) is 0 Å². The summed E-state index contributed by atoms with van der Waals surface area (Å²) in [5, 5.41) is 4.02. The highest BCUT2D eigenvalue weighted by atomic mass is 16.3. The topological polar surface area (TPSA) is 11.3 Å². The second kappa shape index (κ2) is 18.3. The summed E-state index contributed by atoms with van der Waals surface area (Å²) in [6.07, 6.45) is 31.9. The Balaban J connectivity index is 1.00. The fourth-order valence-electron chi connectivity index (χ4n) is 7.64. The molecule has 5 rings (SSSR count). The molecule has 0 amide bonds. The average Bonchev–Trinajstić information content (AvgIpc) is 3.06. The lowest BCUT2D eigenvalue weighted by Gasteiger charge is -2.17. The molecule has 1 aromatic heterocycles. The normalized spacial score (nSPS) is 12.6. The third kappa shape index (κ3) is 9.18. The largest absolute Gasteiger partial charge is 0.364 e. The van der Waals surface area contributed by atoms with Gasteiger partial charge in [0, 0.05) is 6.07 Å². The van der Waals surface area contributed by atoms with E-state index in [2.05, 4.69) is 67.6 Å². The lowest BCUT2D eigenvalue weighted by atomic mass is 9.84. The summed E-state index contributed by atoms with van der Waals surface area (Å²) < 4.78 is 6.71. The fourth-order valence-corrected chi connectivity index (χ4v) is 7.64. The van der Waals surface area contributed by atoms with Crippen molar-refractivity contribution < 1.29 is 4.42 Å². The molecule has 3 aromatic carbocycles. The highest BCUT2D eigenvalue weighted by Gasteiger charge is 2.31. The van der Waals surface area contributed by atoms with Gasteiger partial charge in [0.05, 0.1) is 16.5 Å². The Morgan fingerprint density at radius 2 is 1.07 bits per heavy atom. The molecule has 0 radical (unpaired) electrons. The molecule has 0 spiro atoms. The zero-order valence-corrected chi connectivity index (χ0v) is 27.9. The lowest BCUT2D eigenvalue weighted by Crippen LogP contribution is -2.08. The monoisotopic (exact) mass is 591 g/mol. The predicted octanol–water partition coefficient (Wildman–Crippen LogP) is 14.0. The number of fused-ring (bicyclic) bond motifs is 6. The molecular formula is C43H59O+. The van der Waals surface area contributed by atoms with Crippen LogP contribution < -0.4 is 0 Å². The molecule has 0 fully saturated rings. The van der Waals surface area contributed by atoms with Crippen molar-refractivity contribution in [2.45, 2.75) is 155 Å². The smallest absolute Gasteiger partial charge is 0.206 e. The summed E-state index contributed by atoms with van der Waals surface area (Å²) >= 11 is 0. The van der Waals surface area contributed by atoms with Crippen molar-refractivity contribution in [3.05, 3.63) is 77.4 Å². The van der Waals surface area contributed by atoms with Gasteiger partial charge < -0.3 is 0 Å². The molecule has 0 saturated heterocycles. The summed E-state index contributed by atoms with van der Waals surface area (Å²) in [4.78, 5) is 0. The van der Waals surface area contributed by atoms with Crippen LogP contribution in [0, 0.1) is 0 Å². The molecule has 44 heavy (non-hydrogen) atoms. The summed E-state index contributed by atoms with van der Waals surface area (Å²) in [6, 6.07) is 22.1. The van der Waals surface area contributed by atoms with Crippen LogP contribution in [0.3, 0.4) is 0 Å². The molecule has 236 valence electrons. The van der Waals surface area contributed by atoms with Crippen LogP contribution >= 0.6 is 0 Å². The number of unbranched alkanes of at least 4 members (excludes halogenated alkanes) is 19. The molecule has 4 aromatic rings. The number of rotatable bonds is 21. The van der Waals surface area contributed by atoms with Crippen LogP contribution in [0.2, 0.25) is 0 Å². The molecule has 0 N–H and O–H groups in total. The second-order valence-electron chi connectivity index (χ2n) is 13.7. The molecule has 0 bridgehead atoms. The highest BCUT2D eigenvalue weighted by Crippen LogP contribution is 2.41. The maximum absolute atomic E-state index is 6.71. The van der Waals surface area contributed by atoms with E-state index in [4.69, 9.17) is 4.42 Å². The van der Waals surface area contributed by atoms with Crippen LogP contribution in [0.4, 0.5) is 0 Å². The summed E-state index contributed by atoms with van der Waals surface area (Å²) in [7, 11) is 0. The van der Waals surface area contributed by atoms with E-state index >= 15 is 0 Å². The van der Waals surface area contributed by atoms with Gasteiger partial charge in [0.2, 0.25) is 0 Å². The van der Waals surface area contributed by atoms with Gasteiger partial charge in [-0.1, -0.05) is 171 Å². The van der Waals surface area contributed by atoms with E-state index in [0.29, 0.717) is 0 Å². The average molecular weight is 592 g/mol. The fraction of sp³-hybridized carbons (Fsp3) is 0.558. The van der Waals surface area contributed by atoms with Gasteiger partial charge in [-0.2, -0.15) is 0 Å². The minimum Gasteiger partial charge on any atom is -0.206 e. The van der Waals surface area contributed by atoms with Gasteiger partial charge in [-0.05, 0) is 59.7 Å². The Bertz CT molecular complexity index is 1420. The zero-order chi connectivity index (χ0) is 30.2. The summed E-state index contributed by atoms with van der Waals surface area (Å²) in [5.41, 5.74) is 6.78. The molecule has 1 nitrogen and oxygen atoms in total. The zero-order valence-electron chi connectivity index (χ0n) is 27.9. The van der Waals surface area contributed by atoms with Crippen molar-refractivity contribution in [3.8, 4) is 11.3 Å². The molecule has 1 aliphatic carbocycles. The van der Waals surface area contributed by atoms with Gasteiger partial charge in [-0.3, -0.25) is 0 Å². The third-order valence-electron chi connectivity index (χ3n) is 10.2. The first kappa shape index (κ1) is 32.7. The van der Waals surface area contributed by atoms with Gasteiger partial charge in [0.25, 0.3) is 0 Å². The Morgan fingerprint density at radius 3 is 1.70 bits per heavy atom. The molecule has 0 atom stereocenters. The van der Waals surface area contributed by atoms with Crippen LogP contribution in [0.5, 0.6) is 0 Å². The minimum atomic E-state index is 1.04. The first-order chi connectivity index (χ1) is 21.9. The SMILES string of the molecule is CCCCCCCCCCCCCCCCCCCCCCc1c2c([o+]c3ccc4ccccc4c13)-c1ccccc1CC2. The van der Waals surface area contributed by atoms with Gasteiger partial charge in [-0.25, -0.2) is 4.42 Å². The van der Waals surface area contributed by atoms with Crippen molar-refractivity contribution in [1.29, 1.82) is 0 Å². The quantitative estimate of drug-likeness (QED) is 0.0533. The number of hydrogen-bond donors (Lipinski definition) is 0. The molecule has 0 saturated carbocycles. The van der Waals surface area contributed by atoms with Crippen LogP contribution in [0.1, 0.15) is 152 Å². The van der Waals surface area contributed by atoms with Gasteiger partial charge in [0.1, 0.15) is 0 Å². The van der Waals surface area contributed by atoms with Crippen molar-refractivity contribution in [3.63, 3.8) is 0 Å². The number of benzene rings is 3. The summed E-state index contributed by atoms with van der Waals surface area (Å²) in [5.74, 6) is 1.12. The van der Waals surface area contributed by atoms with E-state index in [9.17, 15) is 0 Å².